The van der Waals surface area contributed by atoms with Gasteiger partial charge in [0.05, 0.1) is 5.56 Å². The van der Waals surface area contributed by atoms with Gasteiger partial charge in [-0.15, -0.1) is 0 Å². The van der Waals surface area contributed by atoms with E-state index < -0.39 is 5.60 Å². The molecule has 104 valence electrons. The van der Waals surface area contributed by atoms with Crippen LogP contribution in [0.25, 0.3) is 0 Å². The van der Waals surface area contributed by atoms with E-state index in [1.807, 2.05) is 25.1 Å². The van der Waals surface area contributed by atoms with E-state index in [1.54, 1.807) is 18.2 Å². The van der Waals surface area contributed by atoms with Crippen LogP contribution in [0.3, 0.4) is 0 Å². The van der Waals surface area contributed by atoms with Crippen LogP contribution in [-0.2, 0) is 9.53 Å². The molecule has 1 saturated carbocycles. The van der Waals surface area contributed by atoms with E-state index >= 15 is 0 Å². The van der Waals surface area contributed by atoms with Crippen molar-refractivity contribution in [2.24, 2.45) is 5.92 Å². The van der Waals surface area contributed by atoms with Gasteiger partial charge in [-0.3, -0.25) is 4.79 Å². The molecule has 3 heteroatoms. The van der Waals surface area contributed by atoms with Gasteiger partial charge >= 0.3 is 5.97 Å². The zero-order valence-electron chi connectivity index (χ0n) is 11.6. The van der Waals surface area contributed by atoms with E-state index in [9.17, 15) is 9.59 Å². The third-order valence-electron chi connectivity index (χ3n) is 4.21. The van der Waals surface area contributed by atoms with Crippen LogP contribution < -0.4 is 0 Å². The highest BCUT2D eigenvalue weighted by Gasteiger charge is 2.43. The third kappa shape index (κ3) is 2.53. The minimum Gasteiger partial charge on any atom is -0.455 e. The van der Waals surface area contributed by atoms with Crippen molar-refractivity contribution in [3.63, 3.8) is 0 Å². The number of esters is 1. The fourth-order valence-corrected chi connectivity index (χ4v) is 3.29. The standard InChI is InChI=1S/C17H18O3/c1-17(20-16(19)12-5-3-2-4-6-12)10-13-7-8-15(18)9-14(13)11-17/h2-6,9,13H,7-8,10-11H2,1H3. The molecule has 1 aromatic carbocycles. The molecule has 0 amide bonds. The molecule has 2 aliphatic carbocycles. The fraction of sp³-hybridized carbons (Fsp3) is 0.412. The number of carbonyl (C=O) groups is 2. The predicted octanol–water partition coefficient (Wildman–Crippen LogP) is 3.30. The van der Waals surface area contributed by atoms with E-state index in [-0.39, 0.29) is 11.8 Å². The third-order valence-corrected chi connectivity index (χ3v) is 4.21. The molecule has 2 atom stereocenters. The summed E-state index contributed by atoms with van der Waals surface area (Å²) < 4.78 is 5.72. The summed E-state index contributed by atoms with van der Waals surface area (Å²) in [6.45, 7) is 1.97. The molecule has 0 spiro atoms. The van der Waals surface area contributed by atoms with Crippen LogP contribution in [0, 0.1) is 5.92 Å². The Balaban J connectivity index is 1.74. The maximum Gasteiger partial charge on any atom is 0.338 e. The van der Waals surface area contributed by atoms with E-state index in [2.05, 4.69) is 0 Å². The normalized spacial score (nSPS) is 28.8. The summed E-state index contributed by atoms with van der Waals surface area (Å²) in [7, 11) is 0. The Morgan fingerprint density at radius 3 is 2.80 bits per heavy atom. The maximum absolute atomic E-state index is 12.2. The second-order valence-electron chi connectivity index (χ2n) is 6.01. The number of ether oxygens (including phenoxy) is 1. The Bertz CT molecular complexity index is 573. The van der Waals surface area contributed by atoms with Gasteiger partial charge in [-0.25, -0.2) is 4.79 Å². The summed E-state index contributed by atoms with van der Waals surface area (Å²) in [5, 5.41) is 0. The first-order valence-corrected chi connectivity index (χ1v) is 7.07. The Hall–Kier alpha value is -1.90. The first-order valence-electron chi connectivity index (χ1n) is 7.07. The number of rotatable bonds is 2. The number of carbonyl (C=O) groups excluding carboxylic acids is 2. The molecule has 1 aromatic rings. The molecule has 0 aliphatic heterocycles. The lowest BCUT2D eigenvalue weighted by atomic mass is 9.89. The molecule has 2 aliphatic rings. The number of hydrogen-bond donors (Lipinski definition) is 0. The van der Waals surface area contributed by atoms with Crippen molar-refractivity contribution in [2.75, 3.05) is 0 Å². The van der Waals surface area contributed by atoms with E-state index in [1.165, 1.54) is 0 Å². The lowest BCUT2D eigenvalue weighted by Crippen LogP contribution is -2.28. The van der Waals surface area contributed by atoms with Crippen molar-refractivity contribution >= 4 is 11.8 Å². The van der Waals surface area contributed by atoms with Gasteiger partial charge in [0.15, 0.2) is 5.78 Å². The molecule has 0 aromatic heterocycles. The topological polar surface area (TPSA) is 43.4 Å². The number of allylic oxidation sites excluding steroid dienone is 1. The smallest absolute Gasteiger partial charge is 0.338 e. The molecular weight excluding hydrogens is 252 g/mol. The largest absolute Gasteiger partial charge is 0.455 e. The summed E-state index contributed by atoms with van der Waals surface area (Å²) in [5.74, 6) is 0.329. The van der Waals surface area contributed by atoms with Gasteiger partial charge in [0.2, 0.25) is 0 Å². The molecule has 0 heterocycles. The lowest BCUT2D eigenvalue weighted by Gasteiger charge is -2.24. The molecule has 0 radical (unpaired) electrons. The van der Waals surface area contributed by atoms with Crippen molar-refractivity contribution < 1.29 is 14.3 Å². The molecule has 0 saturated heterocycles. The maximum atomic E-state index is 12.2. The zero-order valence-corrected chi connectivity index (χ0v) is 11.6. The molecular formula is C17H18O3. The molecule has 20 heavy (non-hydrogen) atoms. The molecule has 3 rings (SSSR count). The second-order valence-corrected chi connectivity index (χ2v) is 6.01. The van der Waals surface area contributed by atoms with Crippen LogP contribution in [0.1, 0.15) is 43.0 Å². The SMILES string of the molecule is CC1(OC(=O)c2ccccc2)CC2=CC(=O)CCC2C1. The van der Waals surface area contributed by atoms with Gasteiger partial charge in [-0.05, 0) is 43.9 Å². The monoisotopic (exact) mass is 270 g/mol. The van der Waals surface area contributed by atoms with E-state index in [0.717, 1.165) is 18.4 Å². The van der Waals surface area contributed by atoms with Crippen LogP contribution in [0.4, 0.5) is 0 Å². The predicted molar refractivity (Wildman–Crippen MR) is 75.3 cm³/mol. The Labute approximate surface area is 118 Å². The Kier molecular flexibility index (Phi) is 3.20. The summed E-state index contributed by atoms with van der Waals surface area (Å²) in [6, 6.07) is 9.05. The summed E-state index contributed by atoms with van der Waals surface area (Å²) in [6.07, 6.45) is 4.78. The van der Waals surface area contributed by atoms with Crippen molar-refractivity contribution in [1.29, 1.82) is 0 Å². The van der Waals surface area contributed by atoms with Crippen molar-refractivity contribution in [3.8, 4) is 0 Å². The second kappa shape index (κ2) is 4.89. The van der Waals surface area contributed by atoms with Gasteiger partial charge in [0, 0.05) is 12.8 Å². The van der Waals surface area contributed by atoms with Crippen molar-refractivity contribution in [3.05, 3.63) is 47.5 Å². The minimum atomic E-state index is -0.478. The average Bonchev–Trinajstić information content (AvgIpc) is 2.74. The van der Waals surface area contributed by atoms with Crippen molar-refractivity contribution in [2.45, 2.75) is 38.2 Å². The van der Waals surface area contributed by atoms with Gasteiger partial charge in [-0.2, -0.15) is 0 Å². The van der Waals surface area contributed by atoms with Gasteiger partial charge in [0.1, 0.15) is 5.60 Å². The quantitative estimate of drug-likeness (QED) is 0.774. The Morgan fingerprint density at radius 2 is 2.05 bits per heavy atom. The average molecular weight is 270 g/mol. The number of fused-ring (bicyclic) bond motifs is 1. The highest BCUT2D eigenvalue weighted by atomic mass is 16.6. The van der Waals surface area contributed by atoms with Gasteiger partial charge in [-0.1, -0.05) is 23.8 Å². The van der Waals surface area contributed by atoms with Crippen LogP contribution >= 0.6 is 0 Å². The zero-order chi connectivity index (χ0) is 14.2. The molecule has 2 unspecified atom stereocenters. The molecule has 1 fully saturated rings. The minimum absolute atomic E-state index is 0.204. The lowest BCUT2D eigenvalue weighted by molar-refractivity contribution is -0.115. The van der Waals surface area contributed by atoms with Crippen LogP contribution in [-0.4, -0.2) is 17.4 Å². The van der Waals surface area contributed by atoms with Crippen molar-refractivity contribution in [1.82, 2.24) is 0 Å². The molecule has 0 N–H and O–H groups in total. The number of ketones is 1. The van der Waals surface area contributed by atoms with E-state index in [0.29, 0.717) is 24.3 Å². The summed E-state index contributed by atoms with van der Waals surface area (Å²) in [4.78, 5) is 23.6. The number of hydrogen-bond acceptors (Lipinski definition) is 3. The summed E-state index contributed by atoms with van der Waals surface area (Å²) >= 11 is 0. The first kappa shape index (κ1) is 13.1. The van der Waals surface area contributed by atoms with Crippen LogP contribution in [0.2, 0.25) is 0 Å². The highest BCUT2D eigenvalue weighted by Crippen LogP contribution is 2.45. The van der Waals surface area contributed by atoms with E-state index in [4.69, 9.17) is 4.74 Å². The first-order chi connectivity index (χ1) is 9.56. The van der Waals surface area contributed by atoms with Gasteiger partial charge < -0.3 is 4.74 Å². The molecule has 0 bridgehead atoms. The van der Waals surface area contributed by atoms with Gasteiger partial charge in [0.25, 0.3) is 0 Å². The fourth-order valence-electron chi connectivity index (χ4n) is 3.29. The van der Waals surface area contributed by atoms with Crippen LogP contribution in [0.5, 0.6) is 0 Å². The Morgan fingerprint density at radius 1 is 1.30 bits per heavy atom. The van der Waals surface area contributed by atoms with Crippen LogP contribution in [0.15, 0.2) is 42.0 Å². The number of benzene rings is 1. The summed E-state index contributed by atoms with van der Waals surface area (Å²) in [5.41, 5.74) is 1.26. The highest BCUT2D eigenvalue weighted by molar-refractivity contribution is 5.92. The molecule has 3 nitrogen and oxygen atoms in total.